The van der Waals surface area contributed by atoms with E-state index in [1.165, 1.54) is 0 Å². The number of hydrogen-bond acceptors (Lipinski definition) is 2. The smallest absolute Gasteiger partial charge is 0.303 e. The van der Waals surface area contributed by atoms with Crippen LogP contribution in [0.1, 0.15) is 38.3 Å². The quantitative estimate of drug-likeness (QED) is 0.782. The zero-order valence-electron chi connectivity index (χ0n) is 8.60. The second kappa shape index (κ2) is 4.79. The predicted molar refractivity (Wildman–Crippen MR) is 53.2 cm³/mol. The summed E-state index contributed by atoms with van der Waals surface area (Å²) in [6, 6.07) is 0.383. The number of rotatable bonds is 5. The van der Waals surface area contributed by atoms with Gasteiger partial charge in [-0.15, -0.1) is 0 Å². The summed E-state index contributed by atoms with van der Waals surface area (Å²) in [5.74, 6) is -0.763. The van der Waals surface area contributed by atoms with Crippen molar-refractivity contribution in [3.63, 3.8) is 0 Å². The van der Waals surface area contributed by atoms with E-state index in [4.69, 9.17) is 5.11 Å². The first-order valence-electron chi connectivity index (χ1n) is 4.88. The summed E-state index contributed by atoms with van der Waals surface area (Å²) in [5.41, 5.74) is 0.993. The standard InChI is InChI=1S/C10H16N2O2/c1-3-8(2)12-7-9(6-11-12)4-5-10(13)14/h6-8H,3-5H2,1-2H3,(H,13,14)/t8-/m1/s1. The fraction of sp³-hybridized carbons (Fsp3) is 0.600. The summed E-state index contributed by atoms with van der Waals surface area (Å²) in [7, 11) is 0. The highest BCUT2D eigenvalue weighted by Gasteiger charge is 2.05. The highest BCUT2D eigenvalue weighted by Crippen LogP contribution is 2.10. The molecule has 14 heavy (non-hydrogen) atoms. The second-order valence-corrected chi connectivity index (χ2v) is 3.48. The molecule has 0 spiro atoms. The van der Waals surface area contributed by atoms with Gasteiger partial charge in [-0.05, 0) is 25.3 Å². The molecule has 1 heterocycles. The van der Waals surface area contributed by atoms with E-state index in [0.717, 1.165) is 12.0 Å². The lowest BCUT2D eigenvalue weighted by atomic mass is 10.2. The van der Waals surface area contributed by atoms with E-state index in [2.05, 4.69) is 18.9 Å². The van der Waals surface area contributed by atoms with Crippen molar-refractivity contribution in [3.05, 3.63) is 18.0 Å². The van der Waals surface area contributed by atoms with Crippen LogP contribution >= 0.6 is 0 Å². The van der Waals surface area contributed by atoms with Crippen molar-refractivity contribution in [1.82, 2.24) is 9.78 Å². The van der Waals surface area contributed by atoms with E-state index < -0.39 is 5.97 Å². The van der Waals surface area contributed by atoms with Crippen LogP contribution in [0.3, 0.4) is 0 Å². The minimum Gasteiger partial charge on any atom is -0.481 e. The van der Waals surface area contributed by atoms with Gasteiger partial charge in [0.15, 0.2) is 0 Å². The van der Waals surface area contributed by atoms with Crippen molar-refractivity contribution in [1.29, 1.82) is 0 Å². The average molecular weight is 196 g/mol. The molecule has 0 radical (unpaired) electrons. The number of aromatic nitrogens is 2. The molecule has 0 bridgehead atoms. The number of carbonyl (C=O) groups is 1. The summed E-state index contributed by atoms with van der Waals surface area (Å²) in [6.45, 7) is 4.19. The topological polar surface area (TPSA) is 55.1 Å². The molecular formula is C10H16N2O2. The molecule has 4 heteroatoms. The Kier molecular flexibility index (Phi) is 3.68. The van der Waals surface area contributed by atoms with E-state index >= 15 is 0 Å². The van der Waals surface area contributed by atoms with E-state index in [-0.39, 0.29) is 6.42 Å². The van der Waals surface area contributed by atoms with Crippen molar-refractivity contribution < 1.29 is 9.90 Å². The first kappa shape index (κ1) is 10.8. The molecule has 0 aliphatic heterocycles. The van der Waals surface area contributed by atoms with Crippen LogP contribution in [0.15, 0.2) is 12.4 Å². The Morgan fingerprint density at radius 2 is 2.43 bits per heavy atom. The van der Waals surface area contributed by atoms with Gasteiger partial charge < -0.3 is 5.11 Å². The number of carboxylic acids is 1. The molecule has 1 aromatic heterocycles. The zero-order chi connectivity index (χ0) is 10.6. The maximum Gasteiger partial charge on any atom is 0.303 e. The summed E-state index contributed by atoms with van der Waals surface area (Å²) < 4.78 is 1.89. The van der Waals surface area contributed by atoms with Gasteiger partial charge in [0.1, 0.15) is 0 Å². The van der Waals surface area contributed by atoms with Crippen molar-refractivity contribution in [2.24, 2.45) is 0 Å². The minimum atomic E-state index is -0.763. The van der Waals surface area contributed by atoms with Crippen LogP contribution in [0.5, 0.6) is 0 Å². The van der Waals surface area contributed by atoms with Gasteiger partial charge in [0.25, 0.3) is 0 Å². The van der Waals surface area contributed by atoms with E-state index in [0.29, 0.717) is 12.5 Å². The molecule has 0 unspecified atom stereocenters. The molecule has 0 aromatic carbocycles. The first-order chi connectivity index (χ1) is 6.63. The molecule has 0 amide bonds. The fourth-order valence-corrected chi connectivity index (χ4v) is 1.19. The Morgan fingerprint density at radius 1 is 1.71 bits per heavy atom. The van der Waals surface area contributed by atoms with Crippen LogP contribution < -0.4 is 0 Å². The highest BCUT2D eigenvalue weighted by molar-refractivity contribution is 5.67. The highest BCUT2D eigenvalue weighted by atomic mass is 16.4. The lowest BCUT2D eigenvalue weighted by molar-refractivity contribution is -0.136. The fourth-order valence-electron chi connectivity index (χ4n) is 1.19. The van der Waals surface area contributed by atoms with Gasteiger partial charge in [-0.25, -0.2) is 0 Å². The molecule has 0 saturated carbocycles. The van der Waals surface area contributed by atoms with Crippen LogP contribution in [-0.4, -0.2) is 20.9 Å². The van der Waals surface area contributed by atoms with Crippen molar-refractivity contribution in [3.8, 4) is 0 Å². The maximum atomic E-state index is 10.3. The predicted octanol–water partition coefficient (Wildman–Crippen LogP) is 1.87. The molecule has 0 saturated heterocycles. The van der Waals surface area contributed by atoms with Gasteiger partial charge in [0.05, 0.1) is 6.20 Å². The molecule has 1 aromatic rings. The molecule has 4 nitrogen and oxygen atoms in total. The monoisotopic (exact) mass is 196 g/mol. The Balaban J connectivity index is 2.54. The summed E-state index contributed by atoms with van der Waals surface area (Å²) in [6.07, 6.45) is 5.43. The van der Waals surface area contributed by atoms with Crippen LogP contribution in [0.25, 0.3) is 0 Å². The SMILES string of the molecule is CC[C@@H](C)n1cc(CCC(=O)O)cn1. The second-order valence-electron chi connectivity index (χ2n) is 3.48. The maximum absolute atomic E-state index is 10.3. The zero-order valence-corrected chi connectivity index (χ0v) is 8.60. The molecule has 1 atom stereocenters. The number of carboxylic acid groups (broad SMARTS) is 1. The Bertz CT molecular complexity index is 307. The number of aliphatic carboxylic acids is 1. The van der Waals surface area contributed by atoms with Crippen LogP contribution in [-0.2, 0) is 11.2 Å². The molecule has 0 fully saturated rings. The summed E-state index contributed by atoms with van der Waals surface area (Å²) in [5, 5.41) is 12.7. The van der Waals surface area contributed by atoms with Gasteiger partial charge in [-0.2, -0.15) is 5.10 Å². The van der Waals surface area contributed by atoms with Crippen molar-refractivity contribution in [2.75, 3.05) is 0 Å². The third-order valence-corrected chi connectivity index (χ3v) is 2.32. The Morgan fingerprint density at radius 3 is 3.00 bits per heavy atom. The van der Waals surface area contributed by atoms with Crippen LogP contribution in [0.4, 0.5) is 0 Å². The number of nitrogens with zero attached hydrogens (tertiary/aromatic N) is 2. The lowest BCUT2D eigenvalue weighted by Crippen LogP contribution is -2.03. The summed E-state index contributed by atoms with van der Waals surface area (Å²) in [4.78, 5) is 10.3. The average Bonchev–Trinajstić information content (AvgIpc) is 2.62. The van der Waals surface area contributed by atoms with Crippen LogP contribution in [0, 0.1) is 0 Å². The largest absolute Gasteiger partial charge is 0.481 e. The molecular weight excluding hydrogens is 180 g/mol. The van der Waals surface area contributed by atoms with Gasteiger partial charge in [0.2, 0.25) is 0 Å². The Hall–Kier alpha value is -1.32. The number of hydrogen-bond donors (Lipinski definition) is 1. The minimum absolute atomic E-state index is 0.173. The van der Waals surface area contributed by atoms with Gasteiger partial charge in [0, 0.05) is 18.7 Å². The van der Waals surface area contributed by atoms with Crippen molar-refractivity contribution in [2.45, 2.75) is 39.2 Å². The molecule has 78 valence electrons. The normalized spacial score (nSPS) is 12.7. The summed E-state index contributed by atoms with van der Waals surface area (Å²) >= 11 is 0. The molecule has 0 aliphatic rings. The molecule has 1 rings (SSSR count). The van der Waals surface area contributed by atoms with E-state index in [1.807, 2.05) is 10.9 Å². The van der Waals surface area contributed by atoms with E-state index in [9.17, 15) is 4.79 Å². The first-order valence-corrected chi connectivity index (χ1v) is 4.88. The lowest BCUT2D eigenvalue weighted by Gasteiger charge is -2.07. The number of aryl methyl sites for hydroxylation is 1. The molecule has 1 N–H and O–H groups in total. The van der Waals surface area contributed by atoms with Gasteiger partial charge in [-0.3, -0.25) is 9.48 Å². The van der Waals surface area contributed by atoms with Crippen LogP contribution in [0.2, 0.25) is 0 Å². The third-order valence-electron chi connectivity index (χ3n) is 2.32. The van der Waals surface area contributed by atoms with E-state index in [1.54, 1.807) is 6.20 Å². The van der Waals surface area contributed by atoms with Crippen molar-refractivity contribution >= 4 is 5.97 Å². The molecule has 0 aliphatic carbocycles. The Labute approximate surface area is 83.5 Å². The van der Waals surface area contributed by atoms with Gasteiger partial charge in [-0.1, -0.05) is 6.92 Å². The third kappa shape index (κ3) is 2.87. The van der Waals surface area contributed by atoms with Gasteiger partial charge >= 0.3 is 5.97 Å².